The molecule has 1 aliphatic rings. The van der Waals surface area contributed by atoms with E-state index in [4.69, 9.17) is 27.9 Å². The summed E-state index contributed by atoms with van der Waals surface area (Å²) in [6.07, 6.45) is 1.80. The van der Waals surface area contributed by atoms with Crippen LogP contribution in [0.1, 0.15) is 21.5 Å². The molecule has 3 rings (SSSR count). The van der Waals surface area contributed by atoms with Crippen LogP contribution in [0.3, 0.4) is 0 Å². The molecule has 0 aromatic heterocycles. The lowest BCUT2D eigenvalue weighted by atomic mass is 10.0. The molecule has 0 bridgehead atoms. The van der Waals surface area contributed by atoms with Crippen molar-refractivity contribution in [1.82, 2.24) is 0 Å². The molecule has 0 aliphatic carbocycles. The quantitative estimate of drug-likeness (QED) is 0.637. The molecule has 0 amide bonds. The molecule has 0 saturated carbocycles. The van der Waals surface area contributed by atoms with Crippen LogP contribution in [-0.4, -0.2) is 6.61 Å². The van der Waals surface area contributed by atoms with Crippen LogP contribution in [0, 0.1) is 0 Å². The van der Waals surface area contributed by atoms with E-state index >= 15 is 0 Å². The molecule has 0 spiro atoms. The van der Waals surface area contributed by atoms with Crippen LogP contribution in [0.25, 0.3) is 0 Å². The fraction of sp³-hybridized carbons (Fsp3) is 0.250. The Morgan fingerprint density at radius 2 is 1.85 bits per heavy atom. The molecular weight excluding hydrogens is 359 g/mol. The fourth-order valence-corrected chi connectivity index (χ4v) is 3.56. The minimum Gasteiger partial charge on any atom is -0.493 e. The summed E-state index contributed by atoms with van der Waals surface area (Å²) in [6, 6.07) is 11.9. The van der Waals surface area contributed by atoms with Crippen molar-refractivity contribution in [3.63, 3.8) is 0 Å². The minimum absolute atomic E-state index is 0.175. The monoisotopic (exact) mass is 370 g/mol. The van der Waals surface area contributed by atoms with Gasteiger partial charge in [-0.25, -0.2) is 0 Å². The van der Waals surface area contributed by atoms with Gasteiger partial charge in [0.15, 0.2) is 0 Å². The van der Waals surface area contributed by atoms with Crippen LogP contribution < -0.4 is 4.74 Å². The van der Waals surface area contributed by atoms with Crippen LogP contribution in [0.5, 0.6) is 5.75 Å². The zero-order valence-electron chi connectivity index (χ0n) is 10.7. The van der Waals surface area contributed by atoms with E-state index in [1.165, 1.54) is 11.1 Å². The molecular formula is C16H13BrCl2O. The van der Waals surface area contributed by atoms with E-state index in [1.54, 1.807) is 0 Å². The maximum atomic E-state index is 6.20. The summed E-state index contributed by atoms with van der Waals surface area (Å²) < 4.78 is 5.75. The summed E-state index contributed by atoms with van der Waals surface area (Å²) in [5.74, 6) is 0.991. The van der Waals surface area contributed by atoms with Gasteiger partial charge >= 0.3 is 0 Å². The number of fused-ring (bicyclic) bond motifs is 1. The summed E-state index contributed by atoms with van der Waals surface area (Å²) >= 11 is 15.9. The predicted molar refractivity (Wildman–Crippen MR) is 87.5 cm³/mol. The second-order valence-corrected chi connectivity index (χ2v) is 6.86. The van der Waals surface area contributed by atoms with Crippen molar-refractivity contribution < 1.29 is 4.74 Å². The number of benzene rings is 2. The second-order valence-electron chi connectivity index (χ2n) is 4.88. The SMILES string of the molecule is Clc1ccc(CC(Br)c2cc(Cl)cc3c2OCC3)cc1. The summed E-state index contributed by atoms with van der Waals surface area (Å²) in [5.41, 5.74) is 3.55. The Balaban J connectivity index is 1.87. The lowest BCUT2D eigenvalue weighted by Crippen LogP contribution is -1.99. The molecule has 4 heteroatoms. The number of hydrogen-bond acceptors (Lipinski definition) is 1. The third-order valence-electron chi connectivity index (χ3n) is 3.44. The van der Waals surface area contributed by atoms with E-state index in [-0.39, 0.29) is 4.83 Å². The van der Waals surface area contributed by atoms with Crippen LogP contribution in [0.4, 0.5) is 0 Å². The van der Waals surface area contributed by atoms with E-state index in [9.17, 15) is 0 Å². The minimum atomic E-state index is 0.175. The Hall–Kier alpha value is -0.700. The lowest BCUT2D eigenvalue weighted by molar-refractivity contribution is 0.353. The van der Waals surface area contributed by atoms with E-state index in [1.807, 2.05) is 36.4 Å². The van der Waals surface area contributed by atoms with Crippen LogP contribution in [0.2, 0.25) is 10.0 Å². The van der Waals surface area contributed by atoms with Gasteiger partial charge in [0, 0.05) is 26.9 Å². The van der Waals surface area contributed by atoms with Gasteiger partial charge in [-0.05, 0) is 41.8 Å². The average Bonchev–Trinajstić information content (AvgIpc) is 2.88. The molecule has 20 heavy (non-hydrogen) atoms. The Bertz CT molecular complexity index is 625. The lowest BCUT2D eigenvalue weighted by Gasteiger charge is -2.15. The molecule has 2 aromatic carbocycles. The molecule has 2 aromatic rings. The number of hydrogen-bond donors (Lipinski definition) is 0. The molecule has 1 unspecified atom stereocenters. The molecule has 1 nitrogen and oxygen atoms in total. The van der Waals surface area contributed by atoms with Gasteiger partial charge in [0.25, 0.3) is 0 Å². The molecule has 0 N–H and O–H groups in total. The summed E-state index contributed by atoms with van der Waals surface area (Å²) in [5, 5.41) is 1.52. The molecule has 104 valence electrons. The van der Waals surface area contributed by atoms with Crippen molar-refractivity contribution in [2.45, 2.75) is 17.7 Å². The molecule has 1 aliphatic heterocycles. The van der Waals surface area contributed by atoms with Gasteiger partial charge in [0.1, 0.15) is 5.75 Å². The molecule has 1 heterocycles. The first-order valence-electron chi connectivity index (χ1n) is 6.47. The number of alkyl halides is 1. The first-order chi connectivity index (χ1) is 9.63. The highest BCUT2D eigenvalue weighted by Crippen LogP contribution is 2.40. The average molecular weight is 372 g/mol. The first-order valence-corrected chi connectivity index (χ1v) is 8.14. The smallest absolute Gasteiger partial charge is 0.127 e. The van der Waals surface area contributed by atoms with Crippen molar-refractivity contribution >= 4 is 39.1 Å². The number of halogens is 3. The molecule has 0 radical (unpaired) electrons. The second kappa shape index (κ2) is 5.97. The third-order valence-corrected chi connectivity index (χ3v) is 4.73. The molecule has 1 atom stereocenters. The van der Waals surface area contributed by atoms with Crippen LogP contribution in [-0.2, 0) is 12.8 Å². The van der Waals surface area contributed by atoms with Gasteiger partial charge in [0.05, 0.1) is 6.61 Å². The molecule has 0 saturated heterocycles. The van der Waals surface area contributed by atoms with Gasteiger partial charge in [-0.1, -0.05) is 51.3 Å². The van der Waals surface area contributed by atoms with E-state index < -0.39 is 0 Å². The number of ether oxygens (including phenoxy) is 1. The van der Waals surface area contributed by atoms with E-state index in [0.29, 0.717) is 0 Å². The zero-order valence-corrected chi connectivity index (χ0v) is 13.8. The summed E-state index contributed by atoms with van der Waals surface area (Å²) in [6.45, 7) is 0.739. The Morgan fingerprint density at radius 3 is 2.60 bits per heavy atom. The zero-order chi connectivity index (χ0) is 14.1. The Morgan fingerprint density at radius 1 is 1.10 bits per heavy atom. The fourth-order valence-electron chi connectivity index (χ4n) is 2.47. The van der Waals surface area contributed by atoms with Gasteiger partial charge in [0.2, 0.25) is 0 Å². The van der Waals surface area contributed by atoms with Crippen molar-refractivity contribution in [3.8, 4) is 5.75 Å². The first kappa shape index (κ1) is 14.2. The van der Waals surface area contributed by atoms with E-state index in [2.05, 4.69) is 15.9 Å². The topological polar surface area (TPSA) is 9.23 Å². The van der Waals surface area contributed by atoms with Gasteiger partial charge < -0.3 is 4.74 Å². The van der Waals surface area contributed by atoms with Gasteiger partial charge in [-0.2, -0.15) is 0 Å². The van der Waals surface area contributed by atoms with Crippen LogP contribution >= 0.6 is 39.1 Å². The summed E-state index contributed by atoms with van der Waals surface area (Å²) in [7, 11) is 0. The van der Waals surface area contributed by atoms with Gasteiger partial charge in [-0.3, -0.25) is 0 Å². The van der Waals surface area contributed by atoms with Crippen LogP contribution in [0.15, 0.2) is 36.4 Å². The highest BCUT2D eigenvalue weighted by Gasteiger charge is 2.22. The Kier molecular flexibility index (Phi) is 4.25. The van der Waals surface area contributed by atoms with Crippen molar-refractivity contribution in [2.75, 3.05) is 6.61 Å². The third kappa shape index (κ3) is 2.98. The maximum absolute atomic E-state index is 6.20. The standard InChI is InChI=1S/C16H13BrCl2O/c17-15(7-10-1-3-12(18)4-2-10)14-9-13(19)8-11-5-6-20-16(11)14/h1-4,8-9,15H,5-7H2. The maximum Gasteiger partial charge on any atom is 0.127 e. The highest BCUT2D eigenvalue weighted by molar-refractivity contribution is 9.09. The van der Waals surface area contributed by atoms with Crippen molar-refractivity contribution in [2.24, 2.45) is 0 Å². The summed E-state index contributed by atoms with van der Waals surface area (Å²) in [4.78, 5) is 0.175. The van der Waals surface area contributed by atoms with Crippen molar-refractivity contribution in [1.29, 1.82) is 0 Å². The predicted octanol–water partition coefficient (Wildman–Crippen LogP) is 5.61. The van der Waals surface area contributed by atoms with Crippen molar-refractivity contribution in [3.05, 3.63) is 63.1 Å². The van der Waals surface area contributed by atoms with Gasteiger partial charge in [-0.15, -0.1) is 0 Å². The highest BCUT2D eigenvalue weighted by atomic mass is 79.9. The largest absolute Gasteiger partial charge is 0.493 e. The normalized spacial score (nSPS) is 14.8. The van der Waals surface area contributed by atoms with E-state index in [0.717, 1.165) is 40.8 Å². The Labute approximate surface area is 137 Å². The number of rotatable bonds is 3. The molecule has 0 fully saturated rings.